The molecular formula is C17H16ClNO2. The van der Waals surface area contributed by atoms with Crippen LogP contribution in [0.3, 0.4) is 0 Å². The van der Waals surface area contributed by atoms with E-state index in [1.807, 2.05) is 6.07 Å². The average molecular weight is 302 g/mol. The Morgan fingerprint density at radius 3 is 2.71 bits per heavy atom. The Morgan fingerprint density at radius 1 is 1.19 bits per heavy atom. The number of hydrogen-bond donors (Lipinski definition) is 2. The first-order valence-corrected chi connectivity index (χ1v) is 7.37. The fourth-order valence-corrected chi connectivity index (χ4v) is 3.03. The summed E-state index contributed by atoms with van der Waals surface area (Å²) in [7, 11) is 0. The molecule has 0 bridgehead atoms. The van der Waals surface area contributed by atoms with Gasteiger partial charge in [-0.25, -0.2) is 4.79 Å². The highest BCUT2D eigenvalue weighted by Gasteiger charge is 2.18. The molecule has 0 radical (unpaired) electrons. The minimum atomic E-state index is -1.00. The molecule has 0 spiro atoms. The fourth-order valence-electron chi connectivity index (χ4n) is 2.84. The molecule has 2 aromatic rings. The van der Waals surface area contributed by atoms with Gasteiger partial charge in [-0.3, -0.25) is 0 Å². The SMILES string of the molecule is O=C(O)c1cc(NC2CCc3ccccc3C2)ccc1Cl. The molecule has 3 nitrogen and oxygen atoms in total. The average Bonchev–Trinajstić information content (AvgIpc) is 2.49. The van der Waals surface area contributed by atoms with Gasteiger partial charge in [-0.15, -0.1) is 0 Å². The summed E-state index contributed by atoms with van der Waals surface area (Å²) >= 11 is 5.89. The van der Waals surface area contributed by atoms with Gasteiger partial charge in [-0.05, 0) is 48.6 Å². The number of aromatic carboxylic acids is 1. The van der Waals surface area contributed by atoms with E-state index in [0.29, 0.717) is 6.04 Å². The van der Waals surface area contributed by atoms with Gasteiger partial charge >= 0.3 is 5.97 Å². The number of carboxylic acid groups (broad SMARTS) is 1. The van der Waals surface area contributed by atoms with Gasteiger partial charge in [0.1, 0.15) is 0 Å². The zero-order valence-electron chi connectivity index (χ0n) is 11.5. The van der Waals surface area contributed by atoms with E-state index in [2.05, 4.69) is 29.6 Å². The van der Waals surface area contributed by atoms with Gasteiger partial charge in [0, 0.05) is 11.7 Å². The number of fused-ring (bicyclic) bond motifs is 1. The molecule has 3 rings (SSSR count). The zero-order chi connectivity index (χ0) is 14.8. The first kappa shape index (κ1) is 14.0. The lowest BCUT2D eigenvalue weighted by Crippen LogP contribution is -2.27. The van der Waals surface area contributed by atoms with E-state index in [-0.39, 0.29) is 10.6 Å². The molecule has 1 atom stereocenters. The smallest absolute Gasteiger partial charge is 0.337 e. The summed E-state index contributed by atoms with van der Waals surface area (Å²) in [4.78, 5) is 11.1. The highest BCUT2D eigenvalue weighted by atomic mass is 35.5. The van der Waals surface area contributed by atoms with E-state index >= 15 is 0 Å². The maximum Gasteiger partial charge on any atom is 0.337 e. The molecule has 0 saturated carbocycles. The predicted octanol–water partition coefficient (Wildman–Crippen LogP) is 4.01. The third-order valence-corrected chi connectivity index (χ3v) is 4.24. The van der Waals surface area contributed by atoms with Gasteiger partial charge in [0.25, 0.3) is 0 Å². The maximum atomic E-state index is 11.1. The lowest BCUT2D eigenvalue weighted by molar-refractivity contribution is 0.0697. The van der Waals surface area contributed by atoms with Crippen LogP contribution in [0.5, 0.6) is 0 Å². The molecule has 21 heavy (non-hydrogen) atoms. The van der Waals surface area contributed by atoms with Gasteiger partial charge < -0.3 is 10.4 Å². The minimum Gasteiger partial charge on any atom is -0.478 e. The minimum absolute atomic E-state index is 0.137. The summed E-state index contributed by atoms with van der Waals surface area (Å²) in [6, 6.07) is 13.9. The third-order valence-electron chi connectivity index (χ3n) is 3.91. The number of aryl methyl sites for hydroxylation is 1. The first-order chi connectivity index (χ1) is 10.1. The van der Waals surface area contributed by atoms with Gasteiger partial charge in [0.2, 0.25) is 0 Å². The van der Waals surface area contributed by atoms with Crippen molar-refractivity contribution in [1.82, 2.24) is 0 Å². The van der Waals surface area contributed by atoms with Crippen molar-refractivity contribution in [2.45, 2.75) is 25.3 Å². The van der Waals surface area contributed by atoms with E-state index in [1.54, 1.807) is 12.1 Å². The van der Waals surface area contributed by atoms with E-state index < -0.39 is 5.97 Å². The lowest BCUT2D eigenvalue weighted by atomic mass is 9.88. The molecule has 1 aliphatic carbocycles. The molecule has 0 heterocycles. The van der Waals surface area contributed by atoms with Crippen molar-refractivity contribution < 1.29 is 9.90 Å². The molecule has 0 fully saturated rings. The van der Waals surface area contributed by atoms with Crippen molar-refractivity contribution >= 4 is 23.3 Å². The second kappa shape index (κ2) is 5.78. The Hall–Kier alpha value is -2.00. The van der Waals surface area contributed by atoms with Crippen molar-refractivity contribution in [3.8, 4) is 0 Å². The van der Waals surface area contributed by atoms with E-state index in [1.165, 1.54) is 11.1 Å². The van der Waals surface area contributed by atoms with Crippen molar-refractivity contribution in [2.24, 2.45) is 0 Å². The van der Waals surface area contributed by atoms with E-state index in [4.69, 9.17) is 16.7 Å². The molecule has 2 aromatic carbocycles. The first-order valence-electron chi connectivity index (χ1n) is 6.99. The van der Waals surface area contributed by atoms with Crippen LogP contribution in [0.1, 0.15) is 27.9 Å². The van der Waals surface area contributed by atoms with Crippen LogP contribution < -0.4 is 5.32 Å². The second-order valence-corrected chi connectivity index (χ2v) is 5.76. The number of halogens is 1. The molecule has 0 amide bonds. The van der Waals surface area contributed by atoms with Crippen LogP contribution in [0.2, 0.25) is 5.02 Å². The number of benzene rings is 2. The van der Waals surface area contributed by atoms with Gasteiger partial charge in [-0.2, -0.15) is 0 Å². The van der Waals surface area contributed by atoms with Gasteiger partial charge in [-0.1, -0.05) is 35.9 Å². The molecule has 1 aliphatic rings. The van der Waals surface area contributed by atoms with Crippen molar-refractivity contribution in [3.05, 3.63) is 64.2 Å². The number of carboxylic acids is 1. The van der Waals surface area contributed by atoms with Crippen LogP contribution in [0.4, 0.5) is 5.69 Å². The molecule has 0 aliphatic heterocycles. The monoisotopic (exact) mass is 301 g/mol. The van der Waals surface area contributed by atoms with E-state index in [0.717, 1.165) is 24.9 Å². The number of carbonyl (C=O) groups is 1. The Labute approximate surface area is 128 Å². The molecular weight excluding hydrogens is 286 g/mol. The Balaban J connectivity index is 1.76. The second-order valence-electron chi connectivity index (χ2n) is 5.35. The summed E-state index contributed by atoms with van der Waals surface area (Å²) in [5, 5.41) is 12.8. The number of nitrogens with one attached hydrogen (secondary N) is 1. The maximum absolute atomic E-state index is 11.1. The molecule has 4 heteroatoms. The molecule has 108 valence electrons. The molecule has 1 unspecified atom stereocenters. The van der Waals surface area contributed by atoms with Crippen molar-refractivity contribution in [3.63, 3.8) is 0 Å². The zero-order valence-corrected chi connectivity index (χ0v) is 12.2. The highest BCUT2D eigenvalue weighted by Crippen LogP contribution is 2.26. The summed E-state index contributed by atoms with van der Waals surface area (Å²) < 4.78 is 0. The standard InChI is InChI=1S/C17H16ClNO2/c18-16-8-7-14(10-15(16)17(20)21)19-13-6-5-11-3-1-2-4-12(11)9-13/h1-4,7-8,10,13,19H,5-6,9H2,(H,20,21). The van der Waals surface area contributed by atoms with Crippen LogP contribution in [-0.2, 0) is 12.8 Å². The quantitative estimate of drug-likeness (QED) is 0.900. The van der Waals surface area contributed by atoms with Gasteiger partial charge in [0.15, 0.2) is 0 Å². The Morgan fingerprint density at radius 2 is 1.95 bits per heavy atom. The van der Waals surface area contributed by atoms with E-state index in [9.17, 15) is 4.79 Å². The highest BCUT2D eigenvalue weighted by molar-refractivity contribution is 6.33. The third kappa shape index (κ3) is 3.03. The normalized spacial score (nSPS) is 17.1. The van der Waals surface area contributed by atoms with Gasteiger partial charge in [0.05, 0.1) is 10.6 Å². The Kier molecular flexibility index (Phi) is 3.84. The number of anilines is 1. The lowest BCUT2D eigenvalue weighted by Gasteiger charge is -2.26. The molecule has 0 aromatic heterocycles. The summed E-state index contributed by atoms with van der Waals surface area (Å²) in [5.41, 5.74) is 3.73. The summed E-state index contributed by atoms with van der Waals surface area (Å²) in [5.74, 6) is -1.00. The topological polar surface area (TPSA) is 49.3 Å². The van der Waals surface area contributed by atoms with Crippen LogP contribution in [0.25, 0.3) is 0 Å². The molecule has 0 saturated heterocycles. The predicted molar refractivity (Wildman–Crippen MR) is 84.3 cm³/mol. The largest absolute Gasteiger partial charge is 0.478 e. The van der Waals surface area contributed by atoms with Crippen LogP contribution in [-0.4, -0.2) is 17.1 Å². The van der Waals surface area contributed by atoms with Crippen LogP contribution in [0.15, 0.2) is 42.5 Å². The van der Waals surface area contributed by atoms with Crippen molar-refractivity contribution in [1.29, 1.82) is 0 Å². The number of hydrogen-bond acceptors (Lipinski definition) is 2. The Bertz CT molecular complexity index is 684. The fraction of sp³-hybridized carbons (Fsp3) is 0.235. The van der Waals surface area contributed by atoms with Crippen molar-refractivity contribution in [2.75, 3.05) is 5.32 Å². The van der Waals surface area contributed by atoms with Crippen LogP contribution >= 0.6 is 11.6 Å². The summed E-state index contributed by atoms with van der Waals surface area (Å²) in [6.07, 6.45) is 3.05. The molecule has 2 N–H and O–H groups in total. The van der Waals surface area contributed by atoms with Crippen LogP contribution in [0, 0.1) is 0 Å². The summed E-state index contributed by atoms with van der Waals surface area (Å²) in [6.45, 7) is 0. The number of rotatable bonds is 3.